The first kappa shape index (κ1) is 34.6. The van der Waals surface area contributed by atoms with Crippen molar-refractivity contribution in [3.05, 3.63) is 118 Å². The van der Waals surface area contributed by atoms with Crippen LogP contribution in [0.3, 0.4) is 0 Å². The number of anilines is 1. The SMILES string of the molecule is Cc1cc(F)ccc1-c1nc(NCCCNCCc2ccccc2)nc2c1ccc(=O)n2-c1c(F)cccc1F.O=C(O)C(F)(F)F. The Kier molecular flexibility index (Phi) is 11.3. The van der Waals surface area contributed by atoms with E-state index in [1.807, 2.05) is 18.2 Å². The van der Waals surface area contributed by atoms with Gasteiger partial charge in [0.25, 0.3) is 5.56 Å². The van der Waals surface area contributed by atoms with Gasteiger partial charge in [0.1, 0.15) is 23.1 Å². The molecule has 0 saturated carbocycles. The quantitative estimate of drug-likeness (QED) is 0.117. The lowest BCUT2D eigenvalue weighted by Gasteiger charge is -2.16. The van der Waals surface area contributed by atoms with E-state index in [2.05, 4.69) is 32.7 Å². The van der Waals surface area contributed by atoms with E-state index in [-0.39, 0.29) is 11.6 Å². The van der Waals surface area contributed by atoms with Gasteiger partial charge >= 0.3 is 12.1 Å². The summed E-state index contributed by atoms with van der Waals surface area (Å²) in [6, 6.07) is 20.6. The predicted octanol–water partition coefficient (Wildman–Crippen LogP) is 6.44. The van der Waals surface area contributed by atoms with Gasteiger partial charge in [0.05, 0.1) is 5.69 Å². The molecule has 0 bridgehead atoms. The Bertz CT molecular complexity index is 1900. The summed E-state index contributed by atoms with van der Waals surface area (Å²) in [5, 5.41) is 14.1. The number of aliphatic carboxylic acids is 1. The second-order valence-electron chi connectivity index (χ2n) is 10.2. The van der Waals surface area contributed by atoms with Gasteiger partial charge in [-0.15, -0.1) is 0 Å². The maximum Gasteiger partial charge on any atom is 0.490 e. The summed E-state index contributed by atoms with van der Waals surface area (Å²) < 4.78 is 76.2. The molecule has 0 aliphatic rings. The van der Waals surface area contributed by atoms with Crippen LogP contribution in [0.5, 0.6) is 0 Å². The molecule has 5 rings (SSSR count). The number of pyridine rings is 1. The molecule has 0 unspecified atom stereocenters. The number of fused-ring (bicyclic) bond motifs is 1. The number of hydrogen-bond donors (Lipinski definition) is 3. The van der Waals surface area contributed by atoms with E-state index in [1.54, 1.807) is 13.0 Å². The van der Waals surface area contributed by atoms with Gasteiger partial charge in [-0.2, -0.15) is 18.2 Å². The molecule has 2 heterocycles. The Morgan fingerprint density at radius 2 is 1.55 bits per heavy atom. The highest BCUT2D eigenvalue weighted by atomic mass is 19.4. The van der Waals surface area contributed by atoms with Gasteiger partial charge in [0.15, 0.2) is 5.65 Å². The number of nitrogens with one attached hydrogen (secondary N) is 2. The molecule has 0 fully saturated rings. The number of para-hydroxylation sites is 1. The molecule has 0 atom stereocenters. The summed E-state index contributed by atoms with van der Waals surface area (Å²) in [6.45, 7) is 3.84. The average Bonchev–Trinajstić information content (AvgIpc) is 3.01. The number of hydrogen-bond acceptors (Lipinski definition) is 6. The van der Waals surface area contributed by atoms with Crippen molar-refractivity contribution in [2.75, 3.05) is 25.0 Å². The lowest BCUT2D eigenvalue weighted by Crippen LogP contribution is -2.22. The fourth-order valence-corrected chi connectivity index (χ4v) is 4.63. The van der Waals surface area contributed by atoms with Crippen LogP contribution in [0.1, 0.15) is 17.5 Å². The van der Waals surface area contributed by atoms with E-state index < -0.39 is 40.8 Å². The van der Waals surface area contributed by atoms with Crippen molar-refractivity contribution in [2.45, 2.75) is 25.9 Å². The van der Waals surface area contributed by atoms with Crippen LogP contribution in [0.4, 0.5) is 32.3 Å². The van der Waals surface area contributed by atoms with Crippen molar-refractivity contribution in [3.8, 4) is 16.9 Å². The third-order valence-electron chi connectivity index (χ3n) is 6.84. The van der Waals surface area contributed by atoms with E-state index in [4.69, 9.17) is 9.90 Å². The number of carboxylic acids is 1. The molecule has 0 radical (unpaired) electrons. The fraction of sp³-hybridized carbons (Fsp3) is 0.212. The number of nitrogens with zero attached hydrogens (tertiary/aromatic N) is 3. The maximum atomic E-state index is 14.8. The summed E-state index contributed by atoms with van der Waals surface area (Å²) in [5.74, 6) is -4.77. The maximum absolute atomic E-state index is 14.8. The van der Waals surface area contributed by atoms with Gasteiger partial charge < -0.3 is 15.7 Å². The van der Waals surface area contributed by atoms with Crippen LogP contribution < -0.4 is 16.2 Å². The van der Waals surface area contributed by atoms with Crippen molar-refractivity contribution in [3.63, 3.8) is 0 Å². The molecule has 0 saturated heterocycles. The first-order valence-corrected chi connectivity index (χ1v) is 14.3. The molecule has 0 aliphatic carbocycles. The number of alkyl halides is 3. The van der Waals surface area contributed by atoms with Crippen LogP contribution in [0.15, 0.2) is 83.7 Å². The summed E-state index contributed by atoms with van der Waals surface area (Å²) in [4.78, 5) is 31.1. The monoisotopic (exact) mass is 657 g/mol. The van der Waals surface area contributed by atoms with E-state index in [9.17, 15) is 31.1 Å². The lowest BCUT2D eigenvalue weighted by atomic mass is 10.0. The number of carbonyl (C=O) groups is 1. The molecular weight excluding hydrogens is 628 g/mol. The van der Waals surface area contributed by atoms with E-state index in [1.165, 1.54) is 35.9 Å². The first-order valence-electron chi connectivity index (χ1n) is 14.3. The first-order chi connectivity index (χ1) is 22.4. The molecule has 47 heavy (non-hydrogen) atoms. The van der Waals surface area contributed by atoms with E-state index in [0.29, 0.717) is 28.8 Å². The molecule has 0 amide bonds. The summed E-state index contributed by atoms with van der Waals surface area (Å²) in [5.41, 5.74) is 1.77. The largest absolute Gasteiger partial charge is 0.490 e. The molecular formula is C33H29F6N5O3. The van der Waals surface area contributed by atoms with E-state index in [0.717, 1.165) is 42.6 Å². The Hall–Kier alpha value is -5.24. The Morgan fingerprint density at radius 1 is 0.872 bits per heavy atom. The van der Waals surface area contributed by atoms with Gasteiger partial charge in [-0.05, 0) is 80.4 Å². The number of rotatable bonds is 10. The van der Waals surface area contributed by atoms with Crippen LogP contribution in [-0.2, 0) is 11.2 Å². The Morgan fingerprint density at radius 3 is 2.19 bits per heavy atom. The van der Waals surface area contributed by atoms with Gasteiger partial charge in [-0.3, -0.25) is 9.36 Å². The highest BCUT2D eigenvalue weighted by Gasteiger charge is 2.38. The van der Waals surface area contributed by atoms with Crippen molar-refractivity contribution in [1.82, 2.24) is 19.9 Å². The van der Waals surface area contributed by atoms with Gasteiger partial charge in [-0.1, -0.05) is 36.4 Å². The fourth-order valence-electron chi connectivity index (χ4n) is 4.63. The van der Waals surface area contributed by atoms with Gasteiger partial charge in [-0.25, -0.2) is 22.9 Å². The second kappa shape index (κ2) is 15.4. The molecule has 3 aromatic carbocycles. The minimum atomic E-state index is -5.08. The Labute approximate surface area is 264 Å². The van der Waals surface area contributed by atoms with Crippen molar-refractivity contribution in [2.24, 2.45) is 0 Å². The minimum absolute atomic E-state index is 0.0358. The molecule has 8 nitrogen and oxygen atoms in total. The lowest BCUT2D eigenvalue weighted by molar-refractivity contribution is -0.192. The normalized spacial score (nSPS) is 11.2. The highest BCUT2D eigenvalue weighted by Crippen LogP contribution is 2.31. The average molecular weight is 658 g/mol. The third kappa shape index (κ3) is 8.94. The smallest absolute Gasteiger partial charge is 0.475 e. The predicted molar refractivity (Wildman–Crippen MR) is 165 cm³/mol. The van der Waals surface area contributed by atoms with Crippen LogP contribution in [-0.4, -0.2) is 51.4 Å². The van der Waals surface area contributed by atoms with Crippen LogP contribution in [0, 0.1) is 24.4 Å². The van der Waals surface area contributed by atoms with Crippen molar-refractivity contribution in [1.29, 1.82) is 0 Å². The number of carboxylic acid groups (broad SMARTS) is 1. The van der Waals surface area contributed by atoms with Crippen LogP contribution in [0.2, 0.25) is 0 Å². The topological polar surface area (TPSA) is 109 Å². The van der Waals surface area contributed by atoms with Gasteiger partial charge in [0, 0.05) is 23.6 Å². The van der Waals surface area contributed by atoms with Crippen molar-refractivity contribution >= 4 is 23.0 Å². The summed E-state index contributed by atoms with van der Waals surface area (Å²) in [6.07, 6.45) is -3.41. The number of aromatic nitrogens is 3. The standard InChI is InChI=1S/C31H28F3N5O.C2HF3O2/c1-20-19-22(32)11-12-23(20)28-24-13-14-27(40)39(29-25(33)9-5-10-26(29)34)30(24)38-31(37-28)36-17-6-16-35-18-15-21-7-3-2-4-8-21;3-2(4,5)1(6)7/h2-5,7-14,19,35H,6,15-18H2,1H3,(H,36,37,38);(H,6,7). The molecule has 5 aromatic rings. The van der Waals surface area contributed by atoms with Crippen molar-refractivity contribution < 1.29 is 36.2 Å². The molecule has 0 spiro atoms. The molecule has 2 aromatic heterocycles. The number of halogens is 6. The van der Waals surface area contributed by atoms with Crippen LogP contribution in [0.25, 0.3) is 28.0 Å². The molecule has 3 N–H and O–H groups in total. The molecule has 246 valence electrons. The molecule has 0 aliphatic heterocycles. The third-order valence-corrected chi connectivity index (χ3v) is 6.84. The zero-order valence-corrected chi connectivity index (χ0v) is 24.9. The Balaban J connectivity index is 0.000000644. The molecule has 14 heteroatoms. The zero-order valence-electron chi connectivity index (χ0n) is 24.9. The summed E-state index contributed by atoms with van der Waals surface area (Å²) >= 11 is 0. The number of aryl methyl sites for hydroxylation is 1. The van der Waals surface area contributed by atoms with E-state index >= 15 is 0 Å². The van der Waals surface area contributed by atoms with Crippen LogP contribution >= 0.6 is 0 Å². The second-order valence-corrected chi connectivity index (χ2v) is 10.2. The zero-order chi connectivity index (χ0) is 34.1. The number of benzene rings is 3. The highest BCUT2D eigenvalue weighted by molar-refractivity contribution is 5.93. The summed E-state index contributed by atoms with van der Waals surface area (Å²) in [7, 11) is 0. The minimum Gasteiger partial charge on any atom is -0.475 e. The van der Waals surface area contributed by atoms with Gasteiger partial charge in [0.2, 0.25) is 5.95 Å².